The van der Waals surface area contributed by atoms with Gasteiger partial charge in [-0.2, -0.15) is 0 Å². The summed E-state index contributed by atoms with van der Waals surface area (Å²) in [6, 6.07) is 7.94. The number of hydrogen-bond donors (Lipinski definition) is 1. The van der Waals surface area contributed by atoms with Crippen molar-refractivity contribution in [2.45, 2.75) is 6.61 Å². The molecule has 2 aromatic rings. The number of aromatic hydroxyl groups is 1. The molecule has 0 aliphatic carbocycles. The topological polar surface area (TPSA) is 46.5 Å². The lowest BCUT2D eigenvalue weighted by molar-refractivity contribution is 0.112. The number of aldehydes is 1. The van der Waals surface area contributed by atoms with Crippen molar-refractivity contribution in [3.8, 4) is 11.5 Å². The smallest absolute Gasteiger partial charge is 0.191 e. The fraction of sp³-hybridized carbons (Fsp3) is 0.0714. The van der Waals surface area contributed by atoms with E-state index >= 15 is 0 Å². The van der Waals surface area contributed by atoms with Gasteiger partial charge in [0.15, 0.2) is 17.4 Å². The van der Waals surface area contributed by atoms with Gasteiger partial charge in [0.2, 0.25) is 0 Å². The van der Waals surface area contributed by atoms with E-state index in [0.29, 0.717) is 11.8 Å². The summed E-state index contributed by atoms with van der Waals surface area (Å²) in [4.78, 5) is 10.4. The van der Waals surface area contributed by atoms with Crippen molar-refractivity contribution in [1.29, 1.82) is 0 Å². The largest absolute Gasteiger partial charge is 0.508 e. The van der Waals surface area contributed by atoms with Gasteiger partial charge in [-0.25, -0.2) is 8.78 Å². The average molecular weight is 264 g/mol. The van der Waals surface area contributed by atoms with E-state index in [0.717, 1.165) is 12.1 Å². The number of rotatable bonds is 4. The lowest BCUT2D eigenvalue weighted by atomic mass is 10.2. The molecule has 2 rings (SSSR count). The summed E-state index contributed by atoms with van der Waals surface area (Å²) in [5, 5.41) is 9.25. The predicted molar refractivity (Wildman–Crippen MR) is 64.2 cm³/mol. The molecule has 0 aromatic heterocycles. The second-order valence-electron chi connectivity index (χ2n) is 3.89. The van der Waals surface area contributed by atoms with Crippen LogP contribution in [0.2, 0.25) is 0 Å². The van der Waals surface area contributed by atoms with Crippen LogP contribution >= 0.6 is 0 Å². The second-order valence-corrected chi connectivity index (χ2v) is 3.89. The normalized spacial score (nSPS) is 10.2. The molecule has 0 aliphatic heterocycles. The molecule has 0 fully saturated rings. The van der Waals surface area contributed by atoms with Gasteiger partial charge in [0.05, 0.1) is 0 Å². The minimum absolute atomic E-state index is 0.0401. The molecule has 0 bridgehead atoms. The van der Waals surface area contributed by atoms with Gasteiger partial charge in [-0.1, -0.05) is 12.1 Å². The summed E-state index contributed by atoms with van der Waals surface area (Å²) >= 11 is 0. The van der Waals surface area contributed by atoms with Gasteiger partial charge in [0, 0.05) is 5.56 Å². The molecule has 0 saturated heterocycles. The second kappa shape index (κ2) is 5.48. The maximum Gasteiger partial charge on any atom is 0.191 e. The molecule has 0 aliphatic rings. The molecule has 3 nitrogen and oxygen atoms in total. The van der Waals surface area contributed by atoms with Crippen molar-refractivity contribution in [3.05, 3.63) is 59.2 Å². The minimum atomic E-state index is -0.942. The van der Waals surface area contributed by atoms with E-state index in [1.54, 1.807) is 12.1 Å². The maximum atomic E-state index is 13.5. The number of benzene rings is 2. The zero-order valence-corrected chi connectivity index (χ0v) is 9.77. The Morgan fingerprint density at radius 3 is 2.42 bits per heavy atom. The molecular weight excluding hydrogens is 254 g/mol. The van der Waals surface area contributed by atoms with Gasteiger partial charge in [-0.3, -0.25) is 4.79 Å². The van der Waals surface area contributed by atoms with Crippen LogP contribution < -0.4 is 4.74 Å². The van der Waals surface area contributed by atoms with Crippen LogP contribution in [0.15, 0.2) is 36.4 Å². The average Bonchev–Trinajstić information content (AvgIpc) is 2.37. The van der Waals surface area contributed by atoms with E-state index in [2.05, 4.69) is 0 Å². The zero-order chi connectivity index (χ0) is 13.8. The quantitative estimate of drug-likeness (QED) is 0.863. The van der Waals surface area contributed by atoms with E-state index in [-0.39, 0.29) is 17.9 Å². The molecule has 0 radical (unpaired) electrons. The van der Waals surface area contributed by atoms with Crippen molar-refractivity contribution in [1.82, 2.24) is 0 Å². The van der Waals surface area contributed by atoms with Gasteiger partial charge >= 0.3 is 0 Å². The molecule has 0 spiro atoms. The summed E-state index contributed by atoms with van der Waals surface area (Å²) in [6.07, 6.45) is 0.352. The van der Waals surface area contributed by atoms with Gasteiger partial charge in [-0.05, 0) is 29.8 Å². The molecule has 0 saturated carbocycles. The lowest BCUT2D eigenvalue weighted by Crippen LogP contribution is -2.01. The Morgan fingerprint density at radius 2 is 1.84 bits per heavy atom. The number of halogens is 2. The fourth-order valence-corrected chi connectivity index (χ4v) is 1.59. The first-order valence-corrected chi connectivity index (χ1v) is 5.45. The van der Waals surface area contributed by atoms with Crippen molar-refractivity contribution in [2.24, 2.45) is 0 Å². The van der Waals surface area contributed by atoms with Crippen LogP contribution in [-0.2, 0) is 6.61 Å². The first-order valence-electron chi connectivity index (χ1n) is 5.45. The number of hydrogen-bond acceptors (Lipinski definition) is 3. The van der Waals surface area contributed by atoms with Gasteiger partial charge in [0.25, 0.3) is 0 Å². The summed E-state index contributed by atoms with van der Waals surface area (Å²) in [5.74, 6) is -2.39. The number of phenols is 1. The Balaban J connectivity index is 2.18. The summed E-state index contributed by atoms with van der Waals surface area (Å²) < 4.78 is 32.0. The SMILES string of the molecule is O=Cc1cc(F)c(OCc2cccc(O)c2)c(F)c1. The van der Waals surface area contributed by atoms with Crippen molar-refractivity contribution >= 4 is 6.29 Å². The molecule has 0 unspecified atom stereocenters. The monoisotopic (exact) mass is 264 g/mol. The molecule has 5 heteroatoms. The van der Waals surface area contributed by atoms with Crippen LogP contribution in [0.5, 0.6) is 11.5 Å². The summed E-state index contributed by atoms with van der Waals surface area (Å²) in [7, 11) is 0. The molecule has 0 heterocycles. The van der Waals surface area contributed by atoms with E-state index < -0.39 is 17.4 Å². The standard InChI is InChI=1S/C14H10F2O3/c15-12-5-10(7-17)6-13(16)14(12)19-8-9-2-1-3-11(18)4-9/h1-7,18H,8H2. The van der Waals surface area contributed by atoms with Crippen molar-refractivity contribution in [3.63, 3.8) is 0 Å². The molecule has 0 atom stereocenters. The van der Waals surface area contributed by atoms with Crippen LogP contribution in [0.25, 0.3) is 0 Å². The summed E-state index contributed by atoms with van der Waals surface area (Å²) in [6.45, 7) is -0.0946. The molecule has 1 N–H and O–H groups in total. The number of phenolic OH excluding ortho intramolecular Hbond substituents is 1. The van der Waals surface area contributed by atoms with E-state index in [1.165, 1.54) is 12.1 Å². The molecular formula is C14H10F2O3. The highest BCUT2D eigenvalue weighted by molar-refractivity contribution is 5.75. The Bertz CT molecular complexity index is 588. The predicted octanol–water partition coefficient (Wildman–Crippen LogP) is 3.06. The molecule has 19 heavy (non-hydrogen) atoms. The van der Waals surface area contributed by atoms with E-state index in [1.807, 2.05) is 0 Å². The van der Waals surface area contributed by atoms with Crippen LogP contribution in [0.3, 0.4) is 0 Å². The highest BCUT2D eigenvalue weighted by Crippen LogP contribution is 2.24. The van der Waals surface area contributed by atoms with E-state index in [9.17, 15) is 18.7 Å². The van der Waals surface area contributed by atoms with Gasteiger partial charge in [0.1, 0.15) is 18.6 Å². The first kappa shape index (κ1) is 13.0. The highest BCUT2D eigenvalue weighted by atomic mass is 19.1. The third-order valence-corrected chi connectivity index (χ3v) is 2.45. The van der Waals surface area contributed by atoms with Gasteiger partial charge in [-0.15, -0.1) is 0 Å². The number of carbonyl (C=O) groups is 1. The van der Waals surface area contributed by atoms with E-state index in [4.69, 9.17) is 4.74 Å². The number of ether oxygens (including phenoxy) is 1. The van der Waals surface area contributed by atoms with Crippen molar-refractivity contribution in [2.75, 3.05) is 0 Å². The van der Waals surface area contributed by atoms with Crippen molar-refractivity contribution < 1.29 is 23.4 Å². The fourth-order valence-electron chi connectivity index (χ4n) is 1.59. The van der Waals surface area contributed by atoms with Crippen LogP contribution in [0.4, 0.5) is 8.78 Å². The molecule has 2 aromatic carbocycles. The minimum Gasteiger partial charge on any atom is -0.508 e. The third-order valence-electron chi connectivity index (χ3n) is 2.45. The zero-order valence-electron chi connectivity index (χ0n) is 9.77. The lowest BCUT2D eigenvalue weighted by Gasteiger charge is -2.09. The maximum absolute atomic E-state index is 13.5. The highest BCUT2D eigenvalue weighted by Gasteiger charge is 2.12. The molecule has 0 amide bonds. The van der Waals surface area contributed by atoms with Gasteiger partial charge < -0.3 is 9.84 Å². The van der Waals surface area contributed by atoms with Crippen LogP contribution in [-0.4, -0.2) is 11.4 Å². The third kappa shape index (κ3) is 3.07. The number of carbonyl (C=O) groups excluding carboxylic acids is 1. The first-order chi connectivity index (χ1) is 9.10. The Kier molecular flexibility index (Phi) is 3.75. The summed E-state index contributed by atoms with van der Waals surface area (Å²) in [5.41, 5.74) is 0.470. The molecule has 98 valence electrons. The Morgan fingerprint density at radius 1 is 1.16 bits per heavy atom. The van der Waals surface area contributed by atoms with Crippen LogP contribution in [0.1, 0.15) is 15.9 Å². The Labute approximate surface area is 108 Å². The van der Waals surface area contributed by atoms with Crippen LogP contribution in [0, 0.1) is 11.6 Å². The Hall–Kier alpha value is -2.43.